The Labute approximate surface area is 120 Å². The summed E-state index contributed by atoms with van der Waals surface area (Å²) in [7, 11) is 0. The van der Waals surface area contributed by atoms with Crippen LogP contribution in [0.15, 0.2) is 36.4 Å². The number of nitrogens with zero attached hydrogens (tertiary/aromatic N) is 1. The third-order valence-corrected chi connectivity index (χ3v) is 4.62. The van der Waals surface area contributed by atoms with E-state index < -0.39 is 0 Å². The maximum Gasteiger partial charge on any atom is 0.246 e. The van der Waals surface area contributed by atoms with E-state index in [2.05, 4.69) is 0 Å². The maximum atomic E-state index is 12.3. The molecule has 0 radical (unpaired) electrons. The number of likely N-dealkylation sites (tertiary alicyclic amines) is 1. The lowest BCUT2D eigenvalue weighted by Crippen LogP contribution is -2.32. The molecule has 2 N–H and O–H groups in total. The Morgan fingerprint density at radius 3 is 2.70 bits per heavy atom. The molecular weight excluding hydrogens is 248 g/mol. The van der Waals surface area contributed by atoms with Gasteiger partial charge >= 0.3 is 0 Å². The number of carbonyl (C=O) groups excluding carboxylic acids is 1. The van der Waals surface area contributed by atoms with Crippen molar-refractivity contribution in [3.63, 3.8) is 0 Å². The smallest absolute Gasteiger partial charge is 0.246 e. The van der Waals surface area contributed by atoms with E-state index in [1.165, 1.54) is 6.42 Å². The summed E-state index contributed by atoms with van der Waals surface area (Å²) >= 11 is 0. The van der Waals surface area contributed by atoms with Crippen molar-refractivity contribution >= 4 is 12.0 Å². The number of benzene rings is 1. The normalized spacial score (nSPS) is 29.6. The highest BCUT2D eigenvalue weighted by atomic mass is 16.2. The van der Waals surface area contributed by atoms with E-state index in [1.807, 2.05) is 41.3 Å². The Morgan fingerprint density at radius 1 is 1.15 bits per heavy atom. The van der Waals surface area contributed by atoms with Crippen molar-refractivity contribution < 1.29 is 4.79 Å². The van der Waals surface area contributed by atoms with E-state index in [-0.39, 0.29) is 5.91 Å². The van der Waals surface area contributed by atoms with Crippen LogP contribution in [0.25, 0.3) is 6.08 Å². The van der Waals surface area contributed by atoms with Gasteiger partial charge in [-0.1, -0.05) is 30.3 Å². The van der Waals surface area contributed by atoms with Crippen LogP contribution >= 0.6 is 0 Å². The topological polar surface area (TPSA) is 46.3 Å². The van der Waals surface area contributed by atoms with Crippen LogP contribution in [-0.4, -0.2) is 29.9 Å². The Kier molecular flexibility index (Phi) is 3.88. The zero-order chi connectivity index (χ0) is 13.9. The molecule has 106 valence electrons. The maximum absolute atomic E-state index is 12.3. The monoisotopic (exact) mass is 270 g/mol. The summed E-state index contributed by atoms with van der Waals surface area (Å²) in [5.74, 6) is 1.42. The zero-order valence-corrected chi connectivity index (χ0v) is 11.7. The lowest BCUT2D eigenvalue weighted by Gasteiger charge is -2.27. The molecule has 1 aliphatic heterocycles. The third kappa shape index (κ3) is 2.93. The summed E-state index contributed by atoms with van der Waals surface area (Å²) in [5, 5.41) is 0. The molecule has 1 unspecified atom stereocenters. The summed E-state index contributed by atoms with van der Waals surface area (Å²) in [5.41, 5.74) is 7.10. The molecule has 0 bridgehead atoms. The average molecular weight is 270 g/mol. The summed E-state index contributed by atoms with van der Waals surface area (Å²) in [6.45, 7) is 1.80. The van der Waals surface area contributed by atoms with Crippen molar-refractivity contribution in [3.05, 3.63) is 42.0 Å². The van der Waals surface area contributed by atoms with Gasteiger partial charge in [0.25, 0.3) is 0 Å². The molecule has 1 saturated carbocycles. The summed E-state index contributed by atoms with van der Waals surface area (Å²) in [6, 6.07) is 10.3. The third-order valence-electron chi connectivity index (χ3n) is 4.62. The van der Waals surface area contributed by atoms with Crippen LogP contribution in [0.2, 0.25) is 0 Å². The fourth-order valence-electron chi connectivity index (χ4n) is 3.48. The van der Waals surface area contributed by atoms with Crippen molar-refractivity contribution in [3.8, 4) is 0 Å². The van der Waals surface area contributed by atoms with Crippen LogP contribution in [0.5, 0.6) is 0 Å². The molecule has 1 aliphatic carbocycles. The second kappa shape index (κ2) is 5.80. The van der Waals surface area contributed by atoms with E-state index in [0.29, 0.717) is 17.9 Å². The van der Waals surface area contributed by atoms with Crippen LogP contribution < -0.4 is 5.73 Å². The highest BCUT2D eigenvalue weighted by molar-refractivity contribution is 5.92. The molecule has 3 heteroatoms. The van der Waals surface area contributed by atoms with E-state index in [0.717, 1.165) is 31.5 Å². The van der Waals surface area contributed by atoms with Gasteiger partial charge in [-0.15, -0.1) is 0 Å². The molecule has 3 rings (SSSR count). The summed E-state index contributed by atoms with van der Waals surface area (Å²) in [6.07, 6.45) is 6.97. The number of rotatable bonds is 2. The predicted molar refractivity (Wildman–Crippen MR) is 80.9 cm³/mol. The van der Waals surface area contributed by atoms with Crippen molar-refractivity contribution in [1.82, 2.24) is 4.90 Å². The molecule has 1 aromatic rings. The molecule has 20 heavy (non-hydrogen) atoms. The molecule has 2 aliphatic rings. The number of carbonyl (C=O) groups is 1. The summed E-state index contributed by atoms with van der Waals surface area (Å²) in [4.78, 5) is 14.2. The van der Waals surface area contributed by atoms with Crippen molar-refractivity contribution in [1.29, 1.82) is 0 Å². The molecule has 1 aromatic carbocycles. The highest BCUT2D eigenvalue weighted by Gasteiger charge is 2.37. The standard InChI is InChI=1S/C17H22N2O/c18-16-8-7-14-11-19(12-15(14)10-16)17(20)9-6-13-4-2-1-3-5-13/h1-6,9,14-16H,7-8,10-12,18H2/b9-6+/t14-,15+,16?/m1/s1. The summed E-state index contributed by atoms with van der Waals surface area (Å²) < 4.78 is 0. The molecule has 1 saturated heterocycles. The predicted octanol–water partition coefficient (Wildman–Crippen LogP) is 2.29. The fraction of sp³-hybridized carbons (Fsp3) is 0.471. The molecule has 0 spiro atoms. The van der Waals surface area contributed by atoms with Gasteiger partial charge in [-0.05, 0) is 42.7 Å². The van der Waals surface area contributed by atoms with Crippen LogP contribution in [0.1, 0.15) is 24.8 Å². The Hall–Kier alpha value is -1.61. The van der Waals surface area contributed by atoms with E-state index in [1.54, 1.807) is 6.08 Å². The lowest BCUT2D eigenvalue weighted by atomic mass is 9.79. The molecule has 1 amide bonds. The van der Waals surface area contributed by atoms with Crippen LogP contribution in [0.3, 0.4) is 0 Å². The van der Waals surface area contributed by atoms with Gasteiger partial charge in [-0.2, -0.15) is 0 Å². The largest absolute Gasteiger partial charge is 0.339 e. The highest BCUT2D eigenvalue weighted by Crippen LogP contribution is 2.35. The Morgan fingerprint density at radius 2 is 1.90 bits per heavy atom. The average Bonchev–Trinajstić information content (AvgIpc) is 2.89. The molecule has 1 heterocycles. The quantitative estimate of drug-likeness (QED) is 0.838. The second-order valence-electron chi connectivity index (χ2n) is 6.08. The number of hydrogen-bond donors (Lipinski definition) is 1. The van der Waals surface area contributed by atoms with Gasteiger partial charge in [0, 0.05) is 25.2 Å². The van der Waals surface area contributed by atoms with Crippen molar-refractivity contribution in [2.75, 3.05) is 13.1 Å². The first kappa shape index (κ1) is 13.4. The fourth-order valence-corrected chi connectivity index (χ4v) is 3.48. The minimum atomic E-state index is 0.136. The first-order chi connectivity index (χ1) is 9.72. The first-order valence-electron chi connectivity index (χ1n) is 7.50. The van der Waals surface area contributed by atoms with Gasteiger partial charge in [0.2, 0.25) is 5.91 Å². The van der Waals surface area contributed by atoms with Gasteiger partial charge in [-0.25, -0.2) is 0 Å². The Balaban J connectivity index is 1.60. The van der Waals surface area contributed by atoms with Gasteiger partial charge in [-0.3, -0.25) is 4.79 Å². The molecule has 3 nitrogen and oxygen atoms in total. The lowest BCUT2D eigenvalue weighted by molar-refractivity contribution is -0.125. The number of nitrogens with two attached hydrogens (primary N) is 1. The van der Waals surface area contributed by atoms with Crippen molar-refractivity contribution in [2.45, 2.75) is 25.3 Å². The van der Waals surface area contributed by atoms with Crippen LogP contribution in [-0.2, 0) is 4.79 Å². The molecule has 2 fully saturated rings. The van der Waals surface area contributed by atoms with Gasteiger partial charge in [0.05, 0.1) is 0 Å². The second-order valence-corrected chi connectivity index (χ2v) is 6.08. The number of hydrogen-bond acceptors (Lipinski definition) is 2. The molecule has 3 atom stereocenters. The minimum absolute atomic E-state index is 0.136. The van der Waals surface area contributed by atoms with E-state index >= 15 is 0 Å². The van der Waals surface area contributed by atoms with Crippen molar-refractivity contribution in [2.24, 2.45) is 17.6 Å². The Bertz CT molecular complexity index is 497. The molecule has 0 aromatic heterocycles. The molecular formula is C17H22N2O. The van der Waals surface area contributed by atoms with E-state index in [4.69, 9.17) is 5.73 Å². The van der Waals surface area contributed by atoms with Crippen LogP contribution in [0.4, 0.5) is 0 Å². The van der Waals surface area contributed by atoms with Gasteiger partial charge < -0.3 is 10.6 Å². The number of amides is 1. The zero-order valence-electron chi connectivity index (χ0n) is 11.7. The van der Waals surface area contributed by atoms with Gasteiger partial charge in [0.15, 0.2) is 0 Å². The van der Waals surface area contributed by atoms with E-state index in [9.17, 15) is 4.79 Å². The first-order valence-corrected chi connectivity index (χ1v) is 7.50. The minimum Gasteiger partial charge on any atom is -0.339 e. The SMILES string of the molecule is NC1CC[C@@H]2CN(C(=O)/C=C/c3ccccc3)C[C@@H]2C1. The van der Waals surface area contributed by atoms with Gasteiger partial charge in [0.1, 0.15) is 0 Å². The van der Waals surface area contributed by atoms with Crippen LogP contribution in [0, 0.1) is 11.8 Å². The number of fused-ring (bicyclic) bond motifs is 1.